The zero-order valence-corrected chi connectivity index (χ0v) is 19.8. The molecule has 0 aromatic carbocycles. The first-order valence-electron chi connectivity index (χ1n) is 13.1. The largest absolute Gasteiger partial charge is 0.393 e. The Labute approximate surface area is 179 Å². The van der Waals surface area contributed by atoms with Crippen LogP contribution >= 0.6 is 0 Å². The van der Waals surface area contributed by atoms with Crippen LogP contribution in [0.4, 0.5) is 0 Å². The zero-order chi connectivity index (χ0) is 20.6. The van der Waals surface area contributed by atoms with Gasteiger partial charge in [-0.25, -0.2) is 0 Å². The van der Waals surface area contributed by atoms with Crippen LogP contribution in [0, 0.1) is 46.3 Å². The monoisotopic (exact) mass is 402 g/mol. The van der Waals surface area contributed by atoms with Crippen molar-refractivity contribution < 1.29 is 9.84 Å². The molecule has 1 N–H and O–H groups in total. The van der Waals surface area contributed by atoms with Gasteiger partial charge in [0.05, 0.1) is 12.2 Å². The van der Waals surface area contributed by atoms with Crippen LogP contribution in [0.25, 0.3) is 0 Å². The lowest BCUT2D eigenvalue weighted by atomic mass is 9.44. The zero-order valence-electron chi connectivity index (χ0n) is 19.8. The highest BCUT2D eigenvalue weighted by atomic mass is 16.6. The summed E-state index contributed by atoms with van der Waals surface area (Å²) < 4.78 is 6.51. The molecule has 10 atom stereocenters. The van der Waals surface area contributed by atoms with Crippen LogP contribution in [0.5, 0.6) is 0 Å². The lowest BCUT2D eigenvalue weighted by molar-refractivity contribution is -0.116. The average molecular weight is 403 g/mol. The molecule has 5 aliphatic rings. The molecule has 0 amide bonds. The number of epoxide rings is 1. The van der Waals surface area contributed by atoms with Gasteiger partial charge in [-0.1, -0.05) is 53.9 Å². The van der Waals surface area contributed by atoms with Crippen molar-refractivity contribution in [3.8, 4) is 0 Å². The van der Waals surface area contributed by atoms with E-state index in [1.54, 1.807) is 0 Å². The number of aliphatic hydroxyl groups is 1. The normalized spacial score (nSPS) is 54.3. The first-order chi connectivity index (χ1) is 13.7. The number of hydrogen-bond donors (Lipinski definition) is 1. The number of fused-ring (bicyclic) bond motifs is 4. The molecule has 29 heavy (non-hydrogen) atoms. The van der Waals surface area contributed by atoms with Gasteiger partial charge >= 0.3 is 0 Å². The summed E-state index contributed by atoms with van der Waals surface area (Å²) in [7, 11) is 0. The molecule has 166 valence electrons. The van der Waals surface area contributed by atoms with E-state index in [9.17, 15) is 5.11 Å². The topological polar surface area (TPSA) is 32.8 Å². The summed E-state index contributed by atoms with van der Waals surface area (Å²) >= 11 is 0. The minimum absolute atomic E-state index is 0.0434. The Bertz CT molecular complexity index is 630. The SMILES string of the molecule is CC(C)CCC[C@@H](C)C1CCC2C3CC4O[C@@]45C[C@@H](O)CC[C@]5(C)C3CC[C@@]21C. The van der Waals surface area contributed by atoms with E-state index >= 15 is 0 Å². The van der Waals surface area contributed by atoms with Gasteiger partial charge in [-0.05, 0) is 85.9 Å². The molecule has 0 bridgehead atoms. The third-order valence-electron chi connectivity index (χ3n) is 11.3. The highest BCUT2D eigenvalue weighted by molar-refractivity contribution is 5.24. The second kappa shape index (κ2) is 6.96. The average Bonchev–Trinajstić information content (AvgIpc) is 3.22. The van der Waals surface area contributed by atoms with Crippen molar-refractivity contribution in [3.05, 3.63) is 0 Å². The summed E-state index contributed by atoms with van der Waals surface area (Å²) in [5.41, 5.74) is 0.932. The van der Waals surface area contributed by atoms with Crippen LogP contribution in [0.2, 0.25) is 0 Å². The first-order valence-corrected chi connectivity index (χ1v) is 13.1. The second-order valence-corrected chi connectivity index (χ2v) is 13.0. The minimum atomic E-state index is -0.124. The van der Waals surface area contributed by atoms with Crippen LogP contribution in [0.1, 0.15) is 105 Å². The molecule has 0 aromatic rings. The standard InChI is InChI=1S/C27H46O2/c1-17(2)7-6-8-18(3)21-9-10-22-20-15-24-27(29-24)16-19(28)11-14-26(27,5)23(20)12-13-25(21,22)4/h17-24,28H,6-16H2,1-5H3/t18-,19+,20?,21?,22?,23?,24?,25-,26-,27+/m1/s1. The number of hydrogen-bond acceptors (Lipinski definition) is 2. The molecule has 1 heterocycles. The van der Waals surface area contributed by atoms with Crippen molar-refractivity contribution in [1.82, 2.24) is 0 Å². The van der Waals surface area contributed by atoms with E-state index in [-0.39, 0.29) is 11.7 Å². The Morgan fingerprint density at radius 1 is 0.966 bits per heavy atom. The van der Waals surface area contributed by atoms with Crippen molar-refractivity contribution in [2.45, 2.75) is 123 Å². The Balaban J connectivity index is 1.33. The molecule has 5 fully saturated rings. The number of rotatable bonds is 5. The molecule has 1 spiro atoms. The summed E-state index contributed by atoms with van der Waals surface area (Å²) in [6, 6.07) is 0. The van der Waals surface area contributed by atoms with Crippen LogP contribution in [0.15, 0.2) is 0 Å². The van der Waals surface area contributed by atoms with Gasteiger partial charge in [0.25, 0.3) is 0 Å². The van der Waals surface area contributed by atoms with Crippen molar-refractivity contribution in [2.24, 2.45) is 46.3 Å². The fourth-order valence-electron chi connectivity index (χ4n) is 9.68. The Morgan fingerprint density at radius 3 is 2.52 bits per heavy atom. The molecule has 0 radical (unpaired) electrons. The van der Waals surface area contributed by atoms with E-state index in [2.05, 4.69) is 34.6 Å². The van der Waals surface area contributed by atoms with Gasteiger partial charge in [0, 0.05) is 11.8 Å². The van der Waals surface area contributed by atoms with Crippen LogP contribution in [-0.2, 0) is 4.74 Å². The molecule has 5 unspecified atom stereocenters. The molecular weight excluding hydrogens is 356 g/mol. The lowest BCUT2D eigenvalue weighted by Crippen LogP contribution is -2.58. The predicted molar refractivity (Wildman–Crippen MR) is 119 cm³/mol. The van der Waals surface area contributed by atoms with Gasteiger partial charge in [0.15, 0.2) is 0 Å². The van der Waals surface area contributed by atoms with Gasteiger partial charge < -0.3 is 9.84 Å². The molecular formula is C27H46O2. The molecule has 2 heteroatoms. The van der Waals surface area contributed by atoms with E-state index in [4.69, 9.17) is 4.74 Å². The van der Waals surface area contributed by atoms with Crippen molar-refractivity contribution in [1.29, 1.82) is 0 Å². The van der Waals surface area contributed by atoms with Crippen LogP contribution in [0.3, 0.4) is 0 Å². The maximum atomic E-state index is 10.4. The second-order valence-electron chi connectivity index (χ2n) is 13.0. The molecule has 0 aromatic heterocycles. The molecule has 2 nitrogen and oxygen atoms in total. The first kappa shape index (κ1) is 20.8. The summed E-state index contributed by atoms with van der Waals surface area (Å²) in [5.74, 6) is 5.31. The smallest absolute Gasteiger partial charge is 0.103 e. The minimum Gasteiger partial charge on any atom is -0.393 e. The van der Waals surface area contributed by atoms with Gasteiger partial charge in [-0.2, -0.15) is 0 Å². The van der Waals surface area contributed by atoms with Crippen LogP contribution < -0.4 is 0 Å². The third kappa shape index (κ3) is 2.94. The lowest BCUT2D eigenvalue weighted by Gasteiger charge is -2.59. The highest BCUT2D eigenvalue weighted by Crippen LogP contribution is 2.74. The van der Waals surface area contributed by atoms with E-state index in [0.29, 0.717) is 16.9 Å². The van der Waals surface area contributed by atoms with Gasteiger partial charge in [-0.3, -0.25) is 0 Å². The predicted octanol–water partition coefficient (Wildman–Crippen LogP) is 6.60. The molecule has 4 aliphatic carbocycles. The fourth-order valence-corrected chi connectivity index (χ4v) is 9.68. The summed E-state index contributed by atoms with van der Waals surface area (Å²) in [5, 5.41) is 10.4. The van der Waals surface area contributed by atoms with E-state index in [0.717, 1.165) is 48.3 Å². The van der Waals surface area contributed by atoms with Crippen molar-refractivity contribution in [3.63, 3.8) is 0 Å². The summed E-state index contributed by atoms with van der Waals surface area (Å²) in [6.45, 7) is 12.6. The van der Waals surface area contributed by atoms with Crippen molar-refractivity contribution >= 4 is 0 Å². The molecule has 1 aliphatic heterocycles. The Hall–Kier alpha value is -0.0800. The van der Waals surface area contributed by atoms with Gasteiger partial charge in [0.1, 0.15) is 5.60 Å². The van der Waals surface area contributed by atoms with E-state index < -0.39 is 0 Å². The maximum Gasteiger partial charge on any atom is 0.103 e. The van der Waals surface area contributed by atoms with E-state index in [1.807, 2.05) is 0 Å². The fraction of sp³-hybridized carbons (Fsp3) is 1.00. The number of aliphatic hydroxyl groups excluding tert-OH is 1. The molecule has 1 saturated heterocycles. The third-order valence-corrected chi connectivity index (χ3v) is 11.3. The Morgan fingerprint density at radius 2 is 1.76 bits per heavy atom. The van der Waals surface area contributed by atoms with Gasteiger partial charge in [-0.15, -0.1) is 0 Å². The highest BCUT2D eigenvalue weighted by Gasteiger charge is 2.76. The molecule has 5 rings (SSSR count). The molecule has 4 saturated carbocycles. The van der Waals surface area contributed by atoms with Crippen molar-refractivity contribution in [2.75, 3.05) is 0 Å². The van der Waals surface area contributed by atoms with Gasteiger partial charge in [0.2, 0.25) is 0 Å². The quantitative estimate of drug-likeness (QED) is 0.525. The van der Waals surface area contributed by atoms with Crippen LogP contribution in [-0.4, -0.2) is 22.9 Å². The number of ether oxygens (including phenoxy) is 1. The summed E-state index contributed by atoms with van der Waals surface area (Å²) in [4.78, 5) is 0. The van der Waals surface area contributed by atoms with E-state index in [1.165, 1.54) is 57.8 Å². The maximum absolute atomic E-state index is 10.4. The summed E-state index contributed by atoms with van der Waals surface area (Å²) in [6.07, 6.45) is 14.8. The Kier molecular flexibility index (Phi) is 4.99.